The molecule has 0 bridgehead atoms. The fraction of sp³-hybridized carbons (Fsp3) is 1.00. The summed E-state index contributed by atoms with van der Waals surface area (Å²) in [6, 6.07) is -0.497. The highest BCUT2D eigenvalue weighted by atomic mass is 19.4. The first-order valence-electron chi connectivity index (χ1n) is 6.59. The molecule has 2 nitrogen and oxygen atoms in total. The minimum atomic E-state index is -4.17. The summed E-state index contributed by atoms with van der Waals surface area (Å²) in [5.74, 6) is 0. The van der Waals surface area contributed by atoms with Gasteiger partial charge in [-0.1, -0.05) is 34.6 Å². The van der Waals surface area contributed by atoms with Crippen molar-refractivity contribution in [2.24, 2.45) is 11.1 Å². The summed E-state index contributed by atoms with van der Waals surface area (Å²) in [7, 11) is 0. The van der Waals surface area contributed by atoms with E-state index in [1.165, 1.54) is 4.90 Å². The van der Waals surface area contributed by atoms with E-state index < -0.39 is 12.7 Å². The van der Waals surface area contributed by atoms with Crippen LogP contribution in [0.3, 0.4) is 0 Å². The predicted octanol–water partition coefficient (Wildman–Crippen LogP) is 3.41. The number of alkyl halides is 3. The minimum absolute atomic E-state index is 0.237. The highest BCUT2D eigenvalue weighted by Crippen LogP contribution is 2.30. The predicted molar refractivity (Wildman–Crippen MR) is 69.4 cm³/mol. The number of nitrogens with zero attached hydrogens (tertiary/aromatic N) is 1. The van der Waals surface area contributed by atoms with Crippen LogP contribution in [-0.2, 0) is 0 Å². The van der Waals surface area contributed by atoms with Gasteiger partial charge < -0.3 is 5.73 Å². The highest BCUT2D eigenvalue weighted by Gasteiger charge is 2.39. The minimum Gasteiger partial charge on any atom is -0.326 e. The second kappa shape index (κ2) is 6.75. The van der Waals surface area contributed by atoms with Gasteiger partial charge in [-0.25, -0.2) is 0 Å². The molecule has 0 saturated carbocycles. The van der Waals surface area contributed by atoms with E-state index >= 15 is 0 Å². The van der Waals surface area contributed by atoms with Gasteiger partial charge in [0.25, 0.3) is 0 Å². The lowest BCUT2D eigenvalue weighted by Gasteiger charge is -2.43. The summed E-state index contributed by atoms with van der Waals surface area (Å²) in [5, 5.41) is 0. The molecule has 0 aromatic heterocycles. The Hall–Kier alpha value is -0.290. The van der Waals surface area contributed by atoms with Crippen molar-refractivity contribution in [1.29, 1.82) is 0 Å². The summed E-state index contributed by atoms with van der Waals surface area (Å²) in [5.41, 5.74) is 5.78. The molecule has 5 heteroatoms. The molecule has 0 rings (SSSR count). The Kier molecular flexibility index (Phi) is 6.65. The Morgan fingerprint density at radius 3 is 1.89 bits per heavy atom. The Morgan fingerprint density at radius 2 is 1.61 bits per heavy atom. The van der Waals surface area contributed by atoms with Crippen molar-refractivity contribution in [3.05, 3.63) is 0 Å². The summed E-state index contributed by atoms with van der Waals surface area (Å²) in [4.78, 5) is 1.49. The normalized spacial score (nSPS) is 17.0. The number of rotatable bonds is 6. The number of nitrogens with two attached hydrogens (primary N) is 1. The molecule has 2 unspecified atom stereocenters. The van der Waals surface area contributed by atoms with Crippen molar-refractivity contribution in [3.8, 4) is 0 Å². The molecule has 0 aromatic rings. The van der Waals surface area contributed by atoms with Crippen LogP contribution >= 0.6 is 0 Å². The molecule has 0 heterocycles. The maximum atomic E-state index is 12.7. The van der Waals surface area contributed by atoms with Crippen LogP contribution in [0.1, 0.15) is 47.5 Å². The standard InChI is InChI=1S/C13H27F3N2/c1-6-8-18(9-13(14,15)16)11(10(17)7-2)12(3,4)5/h10-11H,6-9,17H2,1-5H3. The highest BCUT2D eigenvalue weighted by molar-refractivity contribution is 4.91. The molecule has 0 aliphatic carbocycles. The van der Waals surface area contributed by atoms with Crippen LogP contribution in [0, 0.1) is 5.41 Å². The Balaban J connectivity index is 5.10. The van der Waals surface area contributed by atoms with Crippen LogP contribution in [0.15, 0.2) is 0 Å². The first-order chi connectivity index (χ1) is 8.03. The lowest BCUT2D eigenvalue weighted by atomic mass is 9.80. The van der Waals surface area contributed by atoms with E-state index in [2.05, 4.69) is 0 Å². The van der Waals surface area contributed by atoms with Crippen molar-refractivity contribution >= 4 is 0 Å². The summed E-state index contributed by atoms with van der Waals surface area (Å²) in [6.45, 7) is 9.21. The van der Waals surface area contributed by atoms with Gasteiger partial charge in [-0.15, -0.1) is 0 Å². The van der Waals surface area contributed by atoms with Crippen molar-refractivity contribution in [2.45, 2.75) is 65.7 Å². The zero-order valence-corrected chi connectivity index (χ0v) is 12.1. The zero-order chi connectivity index (χ0) is 14.6. The Bertz CT molecular complexity index is 233. The van der Waals surface area contributed by atoms with Gasteiger partial charge in [0.15, 0.2) is 0 Å². The van der Waals surface area contributed by atoms with Crippen LogP contribution in [0.5, 0.6) is 0 Å². The molecule has 18 heavy (non-hydrogen) atoms. The van der Waals surface area contributed by atoms with Gasteiger partial charge in [-0.05, 0) is 24.8 Å². The summed E-state index contributed by atoms with van der Waals surface area (Å²) in [6.07, 6.45) is -2.80. The third kappa shape index (κ3) is 6.05. The lowest BCUT2D eigenvalue weighted by Crippen LogP contribution is -2.56. The molecule has 0 aromatic carbocycles. The molecule has 0 fully saturated rings. The molecular weight excluding hydrogens is 241 g/mol. The van der Waals surface area contributed by atoms with Crippen LogP contribution < -0.4 is 5.73 Å². The quantitative estimate of drug-likeness (QED) is 0.800. The lowest BCUT2D eigenvalue weighted by molar-refractivity contribution is -0.156. The molecule has 0 saturated heterocycles. The monoisotopic (exact) mass is 268 g/mol. The molecule has 2 atom stereocenters. The van der Waals surface area contributed by atoms with E-state index in [9.17, 15) is 13.2 Å². The summed E-state index contributed by atoms with van der Waals surface area (Å²) < 4.78 is 38.0. The van der Waals surface area contributed by atoms with Crippen molar-refractivity contribution in [3.63, 3.8) is 0 Å². The number of hydrogen-bond donors (Lipinski definition) is 1. The Labute approximate surface area is 109 Å². The fourth-order valence-corrected chi connectivity index (χ4v) is 2.52. The van der Waals surface area contributed by atoms with Gasteiger partial charge >= 0.3 is 6.18 Å². The van der Waals surface area contributed by atoms with Crippen LogP contribution in [0.4, 0.5) is 13.2 Å². The molecular formula is C13H27F3N2. The van der Waals surface area contributed by atoms with E-state index in [-0.39, 0.29) is 17.5 Å². The van der Waals surface area contributed by atoms with Crippen molar-refractivity contribution in [2.75, 3.05) is 13.1 Å². The number of hydrogen-bond acceptors (Lipinski definition) is 2. The van der Waals surface area contributed by atoms with Gasteiger partial charge in [-0.3, -0.25) is 4.90 Å². The molecule has 0 spiro atoms. The van der Waals surface area contributed by atoms with E-state index in [0.717, 1.165) is 0 Å². The molecule has 0 aliphatic rings. The van der Waals surface area contributed by atoms with E-state index in [1.807, 2.05) is 34.6 Å². The number of halogens is 3. The van der Waals surface area contributed by atoms with Crippen molar-refractivity contribution < 1.29 is 13.2 Å². The van der Waals surface area contributed by atoms with Crippen LogP contribution in [0.25, 0.3) is 0 Å². The van der Waals surface area contributed by atoms with Gasteiger partial charge in [0.2, 0.25) is 0 Å². The van der Waals surface area contributed by atoms with E-state index in [0.29, 0.717) is 19.4 Å². The molecule has 0 aliphatic heterocycles. The molecule has 2 N–H and O–H groups in total. The average molecular weight is 268 g/mol. The first kappa shape index (κ1) is 17.7. The second-order valence-electron chi connectivity index (χ2n) is 5.97. The Morgan fingerprint density at radius 1 is 1.11 bits per heavy atom. The molecule has 110 valence electrons. The van der Waals surface area contributed by atoms with Gasteiger partial charge in [0.1, 0.15) is 0 Å². The van der Waals surface area contributed by atoms with Gasteiger partial charge in [-0.2, -0.15) is 13.2 Å². The first-order valence-corrected chi connectivity index (χ1v) is 6.59. The molecule has 0 amide bonds. The topological polar surface area (TPSA) is 29.3 Å². The maximum Gasteiger partial charge on any atom is 0.401 e. The van der Waals surface area contributed by atoms with Crippen LogP contribution in [-0.4, -0.2) is 36.2 Å². The maximum absolute atomic E-state index is 12.7. The fourth-order valence-electron chi connectivity index (χ4n) is 2.52. The van der Waals surface area contributed by atoms with Crippen LogP contribution in [0.2, 0.25) is 0 Å². The van der Waals surface area contributed by atoms with Crippen molar-refractivity contribution in [1.82, 2.24) is 4.90 Å². The van der Waals surface area contributed by atoms with E-state index in [4.69, 9.17) is 5.73 Å². The molecule has 0 radical (unpaired) electrons. The van der Waals surface area contributed by atoms with Gasteiger partial charge in [0.05, 0.1) is 6.54 Å². The zero-order valence-electron chi connectivity index (χ0n) is 12.1. The SMILES string of the molecule is CCCN(CC(F)(F)F)C(C(N)CC)C(C)(C)C. The third-order valence-electron chi connectivity index (χ3n) is 3.05. The third-order valence-corrected chi connectivity index (χ3v) is 3.05. The largest absolute Gasteiger partial charge is 0.401 e. The van der Waals surface area contributed by atoms with E-state index in [1.54, 1.807) is 0 Å². The summed E-state index contributed by atoms with van der Waals surface area (Å²) >= 11 is 0. The second-order valence-corrected chi connectivity index (χ2v) is 5.97. The average Bonchev–Trinajstić information content (AvgIpc) is 2.13. The smallest absolute Gasteiger partial charge is 0.326 e. The van der Waals surface area contributed by atoms with Gasteiger partial charge in [0, 0.05) is 12.1 Å².